The monoisotopic (exact) mass is 246 g/mol. The summed E-state index contributed by atoms with van der Waals surface area (Å²) in [6, 6.07) is 0. The van der Waals surface area contributed by atoms with E-state index >= 15 is 0 Å². The lowest BCUT2D eigenvalue weighted by molar-refractivity contribution is 0.150. The molecule has 0 bridgehead atoms. The summed E-state index contributed by atoms with van der Waals surface area (Å²) in [6.45, 7) is 18.8. The Bertz CT molecular complexity index is 192. The molecule has 0 aliphatic rings. The van der Waals surface area contributed by atoms with Crippen molar-refractivity contribution in [2.75, 3.05) is 0 Å². The Labute approximate surface area is 99.3 Å². The molecule has 15 heavy (non-hydrogen) atoms. The molecule has 3 heteroatoms. The SMILES string of the molecule is CCC(C)[Si](C)(C)OC(C)(CC)[SiH](C)C. The van der Waals surface area contributed by atoms with Crippen molar-refractivity contribution < 1.29 is 4.43 Å². The van der Waals surface area contributed by atoms with Gasteiger partial charge in [0.25, 0.3) is 0 Å². The molecule has 0 N–H and O–H groups in total. The van der Waals surface area contributed by atoms with Crippen LogP contribution in [-0.4, -0.2) is 22.3 Å². The minimum absolute atomic E-state index is 0.207. The minimum Gasteiger partial charge on any atom is -0.415 e. The van der Waals surface area contributed by atoms with Gasteiger partial charge in [0.05, 0.1) is 8.80 Å². The van der Waals surface area contributed by atoms with E-state index in [1.54, 1.807) is 0 Å². The molecule has 2 atom stereocenters. The molecule has 0 aliphatic carbocycles. The Morgan fingerprint density at radius 3 is 2.00 bits per heavy atom. The predicted molar refractivity (Wildman–Crippen MR) is 75.9 cm³/mol. The first kappa shape index (κ1) is 15.4. The fourth-order valence-corrected chi connectivity index (χ4v) is 6.99. The third kappa shape index (κ3) is 4.04. The molecular weight excluding hydrogens is 216 g/mol. The Morgan fingerprint density at radius 1 is 1.27 bits per heavy atom. The molecule has 0 rings (SSSR count). The summed E-state index contributed by atoms with van der Waals surface area (Å²) in [6.07, 6.45) is 2.42. The fraction of sp³-hybridized carbons (Fsp3) is 1.00. The van der Waals surface area contributed by atoms with Crippen molar-refractivity contribution in [3.8, 4) is 0 Å². The van der Waals surface area contributed by atoms with Gasteiger partial charge in [0.2, 0.25) is 0 Å². The third-order valence-corrected chi connectivity index (χ3v) is 11.2. The van der Waals surface area contributed by atoms with Crippen molar-refractivity contribution in [1.82, 2.24) is 0 Å². The molecule has 0 heterocycles. The Balaban J connectivity index is 4.67. The van der Waals surface area contributed by atoms with Crippen LogP contribution in [0.25, 0.3) is 0 Å². The highest BCUT2D eigenvalue weighted by atomic mass is 28.4. The molecule has 0 aliphatic heterocycles. The van der Waals surface area contributed by atoms with Gasteiger partial charge in [0.1, 0.15) is 0 Å². The van der Waals surface area contributed by atoms with Crippen molar-refractivity contribution >= 4 is 17.1 Å². The highest BCUT2D eigenvalue weighted by Gasteiger charge is 2.38. The van der Waals surface area contributed by atoms with Gasteiger partial charge in [-0.2, -0.15) is 0 Å². The molecule has 0 aromatic rings. The first-order valence-corrected chi connectivity index (χ1v) is 12.3. The zero-order valence-electron chi connectivity index (χ0n) is 12.0. The van der Waals surface area contributed by atoms with Crippen LogP contribution in [0.3, 0.4) is 0 Å². The minimum atomic E-state index is -1.49. The number of hydrogen-bond acceptors (Lipinski definition) is 1. The van der Waals surface area contributed by atoms with E-state index in [2.05, 4.69) is 53.9 Å². The van der Waals surface area contributed by atoms with Crippen LogP contribution in [0.1, 0.15) is 40.5 Å². The highest BCUT2D eigenvalue weighted by molar-refractivity contribution is 6.74. The normalized spacial score (nSPS) is 19.0. The molecule has 0 fully saturated rings. The molecule has 0 saturated heterocycles. The average molecular weight is 247 g/mol. The lowest BCUT2D eigenvalue weighted by Crippen LogP contribution is -2.51. The molecule has 2 unspecified atom stereocenters. The first-order valence-electron chi connectivity index (χ1n) is 6.39. The van der Waals surface area contributed by atoms with E-state index in [0.717, 1.165) is 5.54 Å². The molecule has 1 nitrogen and oxygen atoms in total. The van der Waals surface area contributed by atoms with Crippen molar-refractivity contribution in [3.05, 3.63) is 0 Å². The molecule has 0 radical (unpaired) electrons. The summed E-state index contributed by atoms with van der Waals surface area (Å²) in [5, 5.41) is 0.207. The van der Waals surface area contributed by atoms with Crippen molar-refractivity contribution in [2.24, 2.45) is 0 Å². The van der Waals surface area contributed by atoms with Crippen LogP contribution in [0.2, 0.25) is 31.7 Å². The summed E-state index contributed by atoms with van der Waals surface area (Å²) >= 11 is 0. The second-order valence-corrected chi connectivity index (χ2v) is 13.8. The summed E-state index contributed by atoms with van der Waals surface area (Å²) in [5.74, 6) is 0. The molecule has 0 amide bonds. The fourth-order valence-electron chi connectivity index (χ4n) is 1.79. The summed E-state index contributed by atoms with van der Waals surface area (Å²) in [7, 11) is -2.23. The van der Waals surface area contributed by atoms with Gasteiger partial charge in [0.15, 0.2) is 8.32 Å². The highest BCUT2D eigenvalue weighted by Crippen LogP contribution is 2.32. The van der Waals surface area contributed by atoms with Crippen LogP contribution in [0.4, 0.5) is 0 Å². The van der Waals surface area contributed by atoms with Gasteiger partial charge in [-0.05, 0) is 32.0 Å². The van der Waals surface area contributed by atoms with E-state index in [1.165, 1.54) is 12.8 Å². The lowest BCUT2D eigenvalue weighted by atomic mass is 10.3. The standard InChI is InChI=1S/C12H30OSi2/c1-9-11(3)15(7,8)13-12(4,10-2)14(5)6/h11,14H,9-10H2,1-8H3. The maximum absolute atomic E-state index is 6.59. The quantitative estimate of drug-likeness (QED) is 0.638. The van der Waals surface area contributed by atoms with E-state index in [0.29, 0.717) is 0 Å². The smallest absolute Gasteiger partial charge is 0.189 e. The topological polar surface area (TPSA) is 9.23 Å². The van der Waals surface area contributed by atoms with Gasteiger partial charge in [-0.15, -0.1) is 0 Å². The molecule has 0 aromatic carbocycles. The second-order valence-electron chi connectivity index (χ2n) is 5.84. The van der Waals surface area contributed by atoms with Crippen LogP contribution < -0.4 is 0 Å². The molecular formula is C12H30OSi2. The van der Waals surface area contributed by atoms with E-state index in [9.17, 15) is 0 Å². The summed E-state index contributed by atoms with van der Waals surface area (Å²) in [5.41, 5.74) is 0.760. The average Bonchev–Trinajstić information content (AvgIpc) is 2.15. The Morgan fingerprint density at radius 2 is 1.73 bits per heavy atom. The molecule has 92 valence electrons. The van der Waals surface area contributed by atoms with E-state index in [1.807, 2.05) is 0 Å². The Hall–Kier alpha value is 0.394. The van der Waals surface area contributed by atoms with E-state index < -0.39 is 17.1 Å². The van der Waals surface area contributed by atoms with E-state index in [4.69, 9.17) is 4.43 Å². The third-order valence-electron chi connectivity index (χ3n) is 4.22. The van der Waals surface area contributed by atoms with Crippen molar-refractivity contribution in [2.45, 2.75) is 77.5 Å². The summed E-state index contributed by atoms with van der Waals surface area (Å²) in [4.78, 5) is 0. The van der Waals surface area contributed by atoms with Gasteiger partial charge in [0, 0.05) is 5.22 Å². The first-order chi connectivity index (χ1) is 6.69. The maximum atomic E-state index is 6.59. The van der Waals surface area contributed by atoms with Gasteiger partial charge >= 0.3 is 0 Å². The van der Waals surface area contributed by atoms with Crippen molar-refractivity contribution in [3.63, 3.8) is 0 Å². The summed E-state index contributed by atoms with van der Waals surface area (Å²) < 4.78 is 6.59. The van der Waals surface area contributed by atoms with Gasteiger partial charge in [-0.3, -0.25) is 0 Å². The molecule has 0 spiro atoms. The zero-order valence-corrected chi connectivity index (χ0v) is 14.1. The van der Waals surface area contributed by atoms with Crippen LogP contribution in [0.15, 0.2) is 0 Å². The Kier molecular flexibility index (Phi) is 5.79. The number of hydrogen-bond donors (Lipinski definition) is 0. The van der Waals surface area contributed by atoms with Gasteiger partial charge < -0.3 is 4.43 Å². The van der Waals surface area contributed by atoms with Crippen molar-refractivity contribution in [1.29, 1.82) is 0 Å². The number of rotatable bonds is 6. The predicted octanol–water partition coefficient (Wildman–Crippen LogP) is 4.20. The van der Waals surface area contributed by atoms with E-state index in [-0.39, 0.29) is 5.22 Å². The molecule has 0 aromatic heterocycles. The van der Waals surface area contributed by atoms with Gasteiger partial charge in [-0.25, -0.2) is 0 Å². The largest absolute Gasteiger partial charge is 0.415 e. The molecule has 0 saturated carbocycles. The zero-order chi connectivity index (χ0) is 12.3. The van der Waals surface area contributed by atoms with Crippen LogP contribution >= 0.6 is 0 Å². The van der Waals surface area contributed by atoms with Crippen LogP contribution in [-0.2, 0) is 4.43 Å². The van der Waals surface area contributed by atoms with Crippen LogP contribution in [0, 0.1) is 0 Å². The van der Waals surface area contributed by atoms with Gasteiger partial charge in [-0.1, -0.05) is 40.3 Å². The lowest BCUT2D eigenvalue weighted by Gasteiger charge is -2.42. The van der Waals surface area contributed by atoms with Crippen LogP contribution in [0.5, 0.6) is 0 Å². The maximum Gasteiger partial charge on any atom is 0.189 e. The second kappa shape index (κ2) is 5.64.